The Balaban J connectivity index is 2.52. The molecule has 0 radical (unpaired) electrons. The number of alkyl halides is 3. The molecule has 92 valence electrons. The summed E-state index contributed by atoms with van der Waals surface area (Å²) < 4.78 is 38.2. The molecule has 1 nitrogen and oxygen atoms in total. The molecule has 1 aromatic carbocycles. The van der Waals surface area contributed by atoms with Crippen molar-refractivity contribution in [3.05, 3.63) is 47.0 Å². The Bertz CT molecular complexity index is 435. The minimum absolute atomic E-state index is 0.492. The number of halogens is 3. The Hall–Kier alpha value is -1.29. The first-order chi connectivity index (χ1) is 8.02. The van der Waals surface area contributed by atoms with Gasteiger partial charge < -0.3 is 5.32 Å². The van der Waals surface area contributed by atoms with E-state index in [0.717, 1.165) is 29.7 Å². The number of rotatable bonds is 2. The Morgan fingerprint density at radius 3 is 2.76 bits per heavy atom. The van der Waals surface area contributed by atoms with Crippen LogP contribution in [0, 0.1) is 0 Å². The highest BCUT2D eigenvalue weighted by atomic mass is 19.4. The topological polar surface area (TPSA) is 12.0 Å². The van der Waals surface area contributed by atoms with Crippen molar-refractivity contribution in [1.29, 1.82) is 0 Å². The van der Waals surface area contributed by atoms with Crippen LogP contribution >= 0.6 is 0 Å². The predicted molar refractivity (Wildman–Crippen MR) is 60.8 cm³/mol. The van der Waals surface area contributed by atoms with Crippen LogP contribution < -0.4 is 5.32 Å². The Morgan fingerprint density at radius 1 is 1.35 bits per heavy atom. The summed E-state index contributed by atoms with van der Waals surface area (Å²) in [4.78, 5) is 0. The van der Waals surface area contributed by atoms with Gasteiger partial charge in [0.2, 0.25) is 0 Å². The molecular formula is C13H14F3N. The molecular weight excluding hydrogens is 227 g/mol. The zero-order chi connectivity index (χ0) is 12.5. The summed E-state index contributed by atoms with van der Waals surface area (Å²) in [6.45, 7) is 4.94. The van der Waals surface area contributed by atoms with E-state index in [4.69, 9.17) is 0 Å². The third kappa shape index (κ3) is 2.52. The lowest BCUT2D eigenvalue weighted by Gasteiger charge is -2.22. The number of fused-ring (bicyclic) bond motifs is 1. The molecule has 0 spiro atoms. The van der Waals surface area contributed by atoms with Crippen molar-refractivity contribution in [1.82, 2.24) is 5.32 Å². The van der Waals surface area contributed by atoms with Crippen LogP contribution in [0.15, 0.2) is 24.8 Å². The Kier molecular flexibility index (Phi) is 3.24. The fourth-order valence-corrected chi connectivity index (χ4v) is 2.21. The summed E-state index contributed by atoms with van der Waals surface area (Å²) in [6.07, 6.45) is -1.34. The lowest BCUT2D eigenvalue weighted by molar-refractivity contribution is -0.137. The van der Waals surface area contributed by atoms with E-state index in [0.29, 0.717) is 13.0 Å². The summed E-state index contributed by atoms with van der Waals surface area (Å²) in [5.41, 5.74) is 2.02. The molecule has 0 saturated heterocycles. The second-order valence-corrected chi connectivity index (χ2v) is 4.19. The van der Waals surface area contributed by atoms with Gasteiger partial charge >= 0.3 is 6.18 Å². The average molecular weight is 241 g/mol. The van der Waals surface area contributed by atoms with Gasteiger partial charge in [-0.05, 0) is 48.2 Å². The molecule has 4 heteroatoms. The highest BCUT2D eigenvalue weighted by molar-refractivity contribution is 5.42. The monoisotopic (exact) mass is 241 g/mol. The molecule has 0 amide bonds. The summed E-state index contributed by atoms with van der Waals surface area (Å²) in [7, 11) is 0. The first kappa shape index (κ1) is 12.2. The molecule has 2 rings (SSSR count). The summed E-state index contributed by atoms with van der Waals surface area (Å²) in [5.74, 6) is 0. The largest absolute Gasteiger partial charge is 0.416 e. The van der Waals surface area contributed by atoms with E-state index < -0.39 is 11.7 Å². The zero-order valence-corrected chi connectivity index (χ0v) is 9.40. The molecule has 0 aromatic heterocycles. The van der Waals surface area contributed by atoms with Gasteiger partial charge in [0, 0.05) is 6.54 Å². The van der Waals surface area contributed by atoms with Gasteiger partial charge in [-0.25, -0.2) is 0 Å². The van der Waals surface area contributed by atoms with E-state index in [9.17, 15) is 13.2 Å². The second kappa shape index (κ2) is 4.53. The summed E-state index contributed by atoms with van der Waals surface area (Å²) in [6, 6.07) is 2.51. The van der Waals surface area contributed by atoms with Crippen LogP contribution in [0.3, 0.4) is 0 Å². The van der Waals surface area contributed by atoms with Crippen LogP contribution in [0.1, 0.15) is 22.3 Å². The molecule has 0 fully saturated rings. The molecule has 0 saturated carbocycles. The fourth-order valence-electron chi connectivity index (χ4n) is 2.21. The molecule has 0 bridgehead atoms. The maximum Gasteiger partial charge on any atom is 0.416 e. The van der Waals surface area contributed by atoms with Crippen molar-refractivity contribution in [3.63, 3.8) is 0 Å². The molecule has 0 atom stereocenters. The van der Waals surface area contributed by atoms with Gasteiger partial charge in [-0.1, -0.05) is 6.08 Å². The molecule has 1 aromatic rings. The number of hydrogen-bond acceptors (Lipinski definition) is 1. The van der Waals surface area contributed by atoms with Gasteiger partial charge in [0.25, 0.3) is 0 Å². The van der Waals surface area contributed by atoms with Gasteiger partial charge in [0.05, 0.1) is 5.56 Å². The SMILES string of the molecule is C=CCc1cc(C(F)(F)F)cc2c1CCNC2. The van der Waals surface area contributed by atoms with Gasteiger partial charge in [-0.15, -0.1) is 6.58 Å². The highest BCUT2D eigenvalue weighted by Gasteiger charge is 2.32. The van der Waals surface area contributed by atoms with E-state index in [2.05, 4.69) is 11.9 Å². The first-order valence-corrected chi connectivity index (χ1v) is 5.56. The molecule has 0 unspecified atom stereocenters. The van der Waals surface area contributed by atoms with Crippen LogP contribution in [0.4, 0.5) is 13.2 Å². The van der Waals surface area contributed by atoms with Crippen molar-refractivity contribution in [3.8, 4) is 0 Å². The minimum Gasteiger partial charge on any atom is -0.312 e. The first-order valence-electron chi connectivity index (χ1n) is 5.56. The Labute approximate surface area is 98.3 Å². The van der Waals surface area contributed by atoms with E-state index in [-0.39, 0.29) is 0 Å². The zero-order valence-electron chi connectivity index (χ0n) is 9.40. The average Bonchev–Trinajstić information content (AvgIpc) is 2.28. The van der Waals surface area contributed by atoms with Crippen LogP contribution in [-0.4, -0.2) is 6.54 Å². The van der Waals surface area contributed by atoms with Gasteiger partial charge in [-0.2, -0.15) is 13.2 Å². The van der Waals surface area contributed by atoms with E-state index in [1.54, 1.807) is 6.08 Å². The fraction of sp³-hybridized carbons (Fsp3) is 0.385. The molecule has 1 aliphatic heterocycles. The van der Waals surface area contributed by atoms with E-state index >= 15 is 0 Å². The number of benzene rings is 1. The molecule has 1 heterocycles. The van der Waals surface area contributed by atoms with Crippen LogP contribution in [0.2, 0.25) is 0 Å². The third-order valence-corrected chi connectivity index (χ3v) is 2.99. The normalized spacial score (nSPS) is 15.5. The second-order valence-electron chi connectivity index (χ2n) is 4.19. The predicted octanol–water partition coefficient (Wildman–Crippen LogP) is 3.08. The minimum atomic E-state index is -4.28. The van der Waals surface area contributed by atoms with Crippen LogP contribution in [-0.2, 0) is 25.6 Å². The molecule has 0 aliphatic carbocycles. The van der Waals surface area contributed by atoms with Crippen LogP contribution in [0.5, 0.6) is 0 Å². The number of nitrogens with one attached hydrogen (secondary N) is 1. The molecule has 17 heavy (non-hydrogen) atoms. The maximum atomic E-state index is 12.7. The maximum absolute atomic E-state index is 12.7. The third-order valence-electron chi connectivity index (χ3n) is 2.99. The highest BCUT2D eigenvalue weighted by Crippen LogP contribution is 2.33. The van der Waals surface area contributed by atoms with E-state index in [1.807, 2.05) is 0 Å². The van der Waals surface area contributed by atoms with Crippen LogP contribution in [0.25, 0.3) is 0 Å². The van der Waals surface area contributed by atoms with Gasteiger partial charge in [0.15, 0.2) is 0 Å². The quantitative estimate of drug-likeness (QED) is 0.785. The van der Waals surface area contributed by atoms with Crippen molar-refractivity contribution >= 4 is 0 Å². The smallest absolute Gasteiger partial charge is 0.312 e. The lowest BCUT2D eigenvalue weighted by atomic mass is 9.91. The van der Waals surface area contributed by atoms with E-state index in [1.165, 1.54) is 12.1 Å². The number of hydrogen-bond donors (Lipinski definition) is 1. The van der Waals surface area contributed by atoms with Gasteiger partial charge in [0.1, 0.15) is 0 Å². The summed E-state index contributed by atoms with van der Waals surface area (Å²) >= 11 is 0. The Morgan fingerprint density at radius 2 is 2.12 bits per heavy atom. The van der Waals surface area contributed by atoms with Gasteiger partial charge in [-0.3, -0.25) is 0 Å². The van der Waals surface area contributed by atoms with Crippen molar-refractivity contribution in [2.75, 3.05) is 6.54 Å². The number of allylic oxidation sites excluding steroid dienone is 1. The molecule has 1 N–H and O–H groups in total. The lowest BCUT2D eigenvalue weighted by Crippen LogP contribution is -2.25. The summed E-state index contributed by atoms with van der Waals surface area (Å²) in [5, 5.41) is 3.10. The van der Waals surface area contributed by atoms with Crippen molar-refractivity contribution in [2.45, 2.75) is 25.6 Å². The molecule has 1 aliphatic rings. The van der Waals surface area contributed by atoms with Crippen molar-refractivity contribution in [2.24, 2.45) is 0 Å². The van der Waals surface area contributed by atoms with Crippen molar-refractivity contribution < 1.29 is 13.2 Å². The standard InChI is InChI=1S/C13H14F3N/c1-2-3-9-6-11(13(14,15)16)7-10-8-17-5-4-12(9)10/h2,6-7,17H,1,3-5,8H2.